The minimum Gasteiger partial charge on any atom is -0.493 e. The van der Waals surface area contributed by atoms with Gasteiger partial charge >= 0.3 is 0 Å². The van der Waals surface area contributed by atoms with Crippen molar-refractivity contribution < 1.29 is 69.0 Å². The molecule has 2 aliphatic rings. The molecule has 234 valence electrons. The monoisotopic (exact) mass is 608 g/mol. The van der Waals surface area contributed by atoms with Gasteiger partial charge in [0.1, 0.15) is 66.4 Å². The van der Waals surface area contributed by atoms with E-state index in [0.29, 0.717) is 5.56 Å². The Hall–Kier alpha value is -3.35. The molecule has 10 atom stereocenters. The summed E-state index contributed by atoms with van der Waals surface area (Å²) in [7, 11) is 1.32. The average Bonchev–Trinajstić information content (AvgIpc) is 3.02. The summed E-state index contributed by atoms with van der Waals surface area (Å²) in [4.78, 5) is 13.4. The van der Waals surface area contributed by atoms with Crippen LogP contribution in [0.1, 0.15) is 0 Å². The number of aliphatic hydroxyl groups is 8. The highest BCUT2D eigenvalue weighted by Gasteiger charge is 2.46. The lowest BCUT2D eigenvalue weighted by Gasteiger charge is -2.39. The van der Waals surface area contributed by atoms with Crippen LogP contribution in [0.5, 0.6) is 17.2 Å². The second kappa shape index (κ2) is 12.7. The van der Waals surface area contributed by atoms with Crippen molar-refractivity contribution >= 4 is 11.0 Å². The number of benzene rings is 2. The van der Waals surface area contributed by atoms with Gasteiger partial charge in [-0.15, -0.1) is 0 Å². The molecule has 3 aromatic rings. The van der Waals surface area contributed by atoms with E-state index in [9.17, 15) is 45.6 Å². The summed E-state index contributed by atoms with van der Waals surface area (Å²) in [6.45, 7) is -1.24. The smallest absolute Gasteiger partial charge is 0.229 e. The lowest BCUT2D eigenvalue weighted by atomic mass is 9.99. The van der Waals surface area contributed by atoms with Crippen LogP contribution in [0.4, 0.5) is 0 Å². The third-order valence-corrected chi connectivity index (χ3v) is 7.42. The Morgan fingerprint density at radius 3 is 1.81 bits per heavy atom. The van der Waals surface area contributed by atoms with E-state index < -0.39 is 80.1 Å². The van der Waals surface area contributed by atoms with Gasteiger partial charge in [-0.1, -0.05) is 12.1 Å². The number of hydrogen-bond donors (Lipinski definition) is 8. The van der Waals surface area contributed by atoms with Gasteiger partial charge < -0.3 is 69.0 Å². The van der Waals surface area contributed by atoms with Gasteiger partial charge in [0.05, 0.1) is 31.3 Å². The maximum atomic E-state index is 13.4. The second-order valence-electron chi connectivity index (χ2n) is 10.1. The standard InChI is InChI=1S/C28H32O15/c1-38-16-6-13-15(7-17(16)41-28-26(37)24(35)22(33)19(9-30)43-28)39-10-14(20(13)31)11-2-4-12(5-3-11)40-27-25(36)23(34)21(32)18(8-29)42-27/h2-7,10,18-19,21-30,32-37H,8-9H2,1H3/t18-,19-,21-,22-,23+,24+,25-,26-,27-,28-/m1/s1. The minimum atomic E-state index is -1.67. The number of methoxy groups -OCH3 is 1. The van der Waals surface area contributed by atoms with Crippen molar-refractivity contribution in [2.75, 3.05) is 20.3 Å². The number of ether oxygens (including phenoxy) is 5. The van der Waals surface area contributed by atoms with E-state index in [-0.39, 0.29) is 33.8 Å². The quantitative estimate of drug-likeness (QED) is 0.136. The van der Waals surface area contributed by atoms with Crippen LogP contribution in [0.3, 0.4) is 0 Å². The number of fused-ring (bicyclic) bond motifs is 1. The molecule has 0 radical (unpaired) electrons. The summed E-state index contributed by atoms with van der Waals surface area (Å²) in [6.07, 6.45) is -13.6. The zero-order valence-corrected chi connectivity index (χ0v) is 22.7. The van der Waals surface area contributed by atoms with E-state index in [1.54, 1.807) is 12.1 Å². The van der Waals surface area contributed by atoms with Gasteiger partial charge in [-0.05, 0) is 23.8 Å². The van der Waals surface area contributed by atoms with Crippen LogP contribution in [0.25, 0.3) is 22.1 Å². The fraction of sp³-hybridized carbons (Fsp3) is 0.464. The molecule has 0 unspecified atom stereocenters. The molecule has 0 amide bonds. The number of rotatable bonds is 8. The molecule has 0 aliphatic carbocycles. The maximum absolute atomic E-state index is 13.4. The Kier molecular flexibility index (Phi) is 9.19. The van der Waals surface area contributed by atoms with Crippen LogP contribution in [0, 0.1) is 0 Å². The fourth-order valence-electron chi connectivity index (χ4n) is 4.89. The molecule has 5 rings (SSSR count). The van der Waals surface area contributed by atoms with E-state index in [4.69, 9.17) is 28.1 Å². The third-order valence-electron chi connectivity index (χ3n) is 7.42. The Labute approximate surface area is 243 Å². The summed E-state index contributed by atoms with van der Waals surface area (Å²) in [5.41, 5.74) is 0.284. The van der Waals surface area contributed by atoms with E-state index in [2.05, 4.69) is 0 Å². The van der Waals surface area contributed by atoms with Crippen LogP contribution in [0.15, 0.2) is 51.9 Å². The topological polar surface area (TPSA) is 238 Å². The molecule has 2 aliphatic heterocycles. The molecule has 3 heterocycles. The molecule has 0 saturated carbocycles. The Morgan fingerprint density at radius 2 is 1.28 bits per heavy atom. The number of aliphatic hydroxyl groups excluding tert-OH is 8. The Bertz CT molecular complexity index is 1460. The second-order valence-corrected chi connectivity index (χ2v) is 10.1. The molecular formula is C28H32O15. The summed E-state index contributed by atoms with van der Waals surface area (Å²) < 4.78 is 33.1. The highest BCUT2D eigenvalue weighted by Crippen LogP contribution is 2.35. The van der Waals surface area contributed by atoms with Gasteiger partial charge in [-0.2, -0.15) is 0 Å². The van der Waals surface area contributed by atoms with Crippen molar-refractivity contribution in [3.8, 4) is 28.4 Å². The molecule has 2 saturated heterocycles. The number of hydrogen-bond acceptors (Lipinski definition) is 15. The van der Waals surface area contributed by atoms with Crippen LogP contribution in [-0.2, 0) is 9.47 Å². The first-order valence-electron chi connectivity index (χ1n) is 13.3. The van der Waals surface area contributed by atoms with Gasteiger partial charge in [0.25, 0.3) is 0 Å². The molecule has 8 N–H and O–H groups in total. The molecular weight excluding hydrogens is 576 g/mol. The van der Waals surface area contributed by atoms with Crippen LogP contribution in [-0.4, -0.2) is 123 Å². The molecule has 43 heavy (non-hydrogen) atoms. The van der Waals surface area contributed by atoms with E-state index in [1.807, 2.05) is 0 Å². The average molecular weight is 609 g/mol. The predicted octanol–water partition coefficient (Wildman–Crippen LogP) is -2.17. The lowest BCUT2D eigenvalue weighted by molar-refractivity contribution is -0.277. The summed E-state index contributed by atoms with van der Waals surface area (Å²) in [5.74, 6) is 0.261. The Morgan fingerprint density at radius 1 is 0.721 bits per heavy atom. The SMILES string of the molecule is COc1cc2c(=O)c(-c3ccc(O[C@@H]4O[C@H](CO)[C@@H](O)[C@H](O)[C@H]4O)cc3)coc2cc1O[C@@H]1O[C@H](CO)[C@@H](O)[C@H](O)[C@H]1O. The van der Waals surface area contributed by atoms with Crippen LogP contribution in [0.2, 0.25) is 0 Å². The zero-order valence-electron chi connectivity index (χ0n) is 22.7. The first kappa shape index (κ1) is 31.1. The first-order chi connectivity index (χ1) is 20.6. The largest absolute Gasteiger partial charge is 0.493 e. The van der Waals surface area contributed by atoms with Crippen LogP contribution >= 0.6 is 0 Å². The third kappa shape index (κ3) is 5.92. The van der Waals surface area contributed by atoms with Crippen molar-refractivity contribution in [3.63, 3.8) is 0 Å². The molecule has 2 aromatic carbocycles. The molecule has 0 bridgehead atoms. The van der Waals surface area contributed by atoms with Crippen molar-refractivity contribution in [2.24, 2.45) is 0 Å². The molecule has 1 aromatic heterocycles. The molecule has 2 fully saturated rings. The molecule has 15 nitrogen and oxygen atoms in total. The van der Waals surface area contributed by atoms with Gasteiger partial charge in [0, 0.05) is 6.07 Å². The normalized spacial score (nSPS) is 32.9. The lowest BCUT2D eigenvalue weighted by Crippen LogP contribution is -2.60. The van der Waals surface area contributed by atoms with Gasteiger partial charge in [0.2, 0.25) is 18.0 Å². The zero-order chi connectivity index (χ0) is 31.0. The minimum absolute atomic E-state index is 0.00933. The summed E-state index contributed by atoms with van der Waals surface area (Å²) in [6, 6.07) is 8.76. The van der Waals surface area contributed by atoms with E-state index in [0.717, 1.165) is 0 Å². The molecule has 15 heteroatoms. The Balaban J connectivity index is 1.37. The van der Waals surface area contributed by atoms with E-state index in [1.165, 1.54) is 37.6 Å². The van der Waals surface area contributed by atoms with Crippen molar-refractivity contribution in [2.45, 2.75) is 61.4 Å². The van der Waals surface area contributed by atoms with Gasteiger partial charge in [-0.3, -0.25) is 4.79 Å². The molecule has 0 spiro atoms. The summed E-state index contributed by atoms with van der Waals surface area (Å²) >= 11 is 0. The van der Waals surface area contributed by atoms with Crippen LogP contribution < -0.4 is 19.6 Å². The van der Waals surface area contributed by atoms with E-state index >= 15 is 0 Å². The van der Waals surface area contributed by atoms with Gasteiger partial charge in [0.15, 0.2) is 11.5 Å². The highest BCUT2D eigenvalue weighted by atomic mass is 16.7. The maximum Gasteiger partial charge on any atom is 0.229 e. The van der Waals surface area contributed by atoms with Crippen molar-refractivity contribution in [1.82, 2.24) is 0 Å². The highest BCUT2D eigenvalue weighted by molar-refractivity contribution is 5.84. The van der Waals surface area contributed by atoms with Crippen molar-refractivity contribution in [1.29, 1.82) is 0 Å². The summed E-state index contributed by atoms with van der Waals surface area (Å²) in [5, 5.41) is 79.4. The van der Waals surface area contributed by atoms with Crippen molar-refractivity contribution in [3.05, 3.63) is 52.9 Å². The first-order valence-corrected chi connectivity index (χ1v) is 13.3. The predicted molar refractivity (Wildman–Crippen MR) is 143 cm³/mol. The fourth-order valence-corrected chi connectivity index (χ4v) is 4.89. The van der Waals surface area contributed by atoms with Gasteiger partial charge in [-0.25, -0.2) is 0 Å².